The number of rotatable bonds is 7. The summed E-state index contributed by atoms with van der Waals surface area (Å²) < 4.78 is 4.88. The van der Waals surface area contributed by atoms with Gasteiger partial charge in [-0.2, -0.15) is 0 Å². The van der Waals surface area contributed by atoms with Crippen molar-refractivity contribution in [2.24, 2.45) is 5.41 Å². The Bertz CT molecular complexity index is 196. The number of carbonyl (C=O) groups is 1. The van der Waals surface area contributed by atoms with E-state index in [-0.39, 0.29) is 23.7 Å². The summed E-state index contributed by atoms with van der Waals surface area (Å²) in [6.45, 7) is 5.08. The molecule has 1 aliphatic rings. The van der Waals surface area contributed by atoms with E-state index < -0.39 is 0 Å². The van der Waals surface area contributed by atoms with Crippen LogP contribution < -0.4 is 10.6 Å². The first-order valence-corrected chi connectivity index (χ1v) is 5.17. The van der Waals surface area contributed by atoms with Gasteiger partial charge < -0.3 is 15.4 Å². The minimum absolute atomic E-state index is 0. The molecule has 0 aromatic rings. The minimum atomic E-state index is -0.0491. The Hall–Kier alpha value is -0.320. The maximum absolute atomic E-state index is 11.5. The summed E-state index contributed by atoms with van der Waals surface area (Å²) in [5.74, 6) is 0.200. The summed E-state index contributed by atoms with van der Waals surface area (Å²) in [7, 11) is 1.68. The molecular formula is C10H21ClN2O2. The Morgan fingerprint density at radius 2 is 2.00 bits per heavy atom. The first-order chi connectivity index (χ1) is 6.69. The van der Waals surface area contributed by atoms with Crippen molar-refractivity contribution >= 4 is 18.3 Å². The predicted octanol–water partition coefficient (Wildman–Crippen LogP) is 0.560. The zero-order chi connectivity index (χ0) is 10.4. The number of hydrogen-bond donors (Lipinski definition) is 2. The van der Waals surface area contributed by atoms with Crippen LogP contribution in [0.1, 0.15) is 19.8 Å². The first kappa shape index (κ1) is 14.7. The summed E-state index contributed by atoms with van der Waals surface area (Å²) >= 11 is 0. The Kier molecular flexibility index (Phi) is 6.89. The Morgan fingerprint density at radius 1 is 1.33 bits per heavy atom. The van der Waals surface area contributed by atoms with Gasteiger partial charge in [-0.3, -0.25) is 4.79 Å². The van der Waals surface area contributed by atoms with Crippen LogP contribution in [0.25, 0.3) is 0 Å². The number of halogens is 1. The number of carbonyl (C=O) groups excluding carboxylic acids is 1. The molecule has 0 radical (unpaired) electrons. The second-order valence-electron chi connectivity index (χ2n) is 4.06. The van der Waals surface area contributed by atoms with Gasteiger partial charge in [0.1, 0.15) is 0 Å². The highest BCUT2D eigenvalue weighted by Crippen LogP contribution is 2.44. The highest BCUT2D eigenvalue weighted by molar-refractivity contribution is 5.85. The van der Waals surface area contributed by atoms with E-state index in [4.69, 9.17) is 4.74 Å². The molecule has 1 fully saturated rings. The molecule has 1 rings (SSSR count). The van der Waals surface area contributed by atoms with E-state index >= 15 is 0 Å². The van der Waals surface area contributed by atoms with Crippen LogP contribution in [0.15, 0.2) is 0 Å². The van der Waals surface area contributed by atoms with Gasteiger partial charge in [0.15, 0.2) is 0 Å². The fourth-order valence-corrected chi connectivity index (χ4v) is 1.19. The van der Waals surface area contributed by atoms with E-state index in [1.807, 2.05) is 6.92 Å². The molecule has 1 saturated carbocycles. The number of ether oxygens (including phenoxy) is 1. The molecule has 90 valence electrons. The number of amides is 1. The average Bonchev–Trinajstić information content (AvgIpc) is 2.91. The van der Waals surface area contributed by atoms with Crippen LogP contribution in [-0.2, 0) is 9.53 Å². The quantitative estimate of drug-likeness (QED) is 0.636. The fraction of sp³-hybridized carbons (Fsp3) is 0.900. The molecule has 0 atom stereocenters. The van der Waals surface area contributed by atoms with Gasteiger partial charge in [-0.25, -0.2) is 0 Å². The van der Waals surface area contributed by atoms with Gasteiger partial charge >= 0.3 is 0 Å². The monoisotopic (exact) mass is 236 g/mol. The molecule has 0 saturated heterocycles. The molecule has 5 heteroatoms. The van der Waals surface area contributed by atoms with Crippen LogP contribution in [-0.4, -0.2) is 39.3 Å². The summed E-state index contributed by atoms with van der Waals surface area (Å²) in [5, 5.41) is 6.09. The molecule has 15 heavy (non-hydrogen) atoms. The molecule has 0 bridgehead atoms. The van der Waals surface area contributed by atoms with Gasteiger partial charge in [-0.05, 0) is 12.8 Å². The molecular weight excluding hydrogens is 216 g/mol. The van der Waals surface area contributed by atoms with Crippen LogP contribution in [0.5, 0.6) is 0 Å². The van der Waals surface area contributed by atoms with Crippen molar-refractivity contribution in [3.63, 3.8) is 0 Å². The van der Waals surface area contributed by atoms with Crippen molar-refractivity contribution < 1.29 is 9.53 Å². The standard InChI is InChI=1S/C10H20N2O2.ClH/c1-10(3-4-10)9(13)12-6-5-11-7-8-14-2;/h11H,3-8H2,1-2H3,(H,12,13);1H. The van der Waals surface area contributed by atoms with Gasteiger partial charge in [-0.1, -0.05) is 6.92 Å². The average molecular weight is 237 g/mol. The molecule has 4 nitrogen and oxygen atoms in total. The second-order valence-corrected chi connectivity index (χ2v) is 4.06. The molecule has 2 N–H and O–H groups in total. The zero-order valence-electron chi connectivity index (χ0n) is 9.47. The third kappa shape index (κ3) is 5.35. The van der Waals surface area contributed by atoms with Crippen LogP contribution in [0.4, 0.5) is 0 Å². The van der Waals surface area contributed by atoms with Crippen LogP contribution in [0.2, 0.25) is 0 Å². The largest absolute Gasteiger partial charge is 0.383 e. The number of hydrogen-bond acceptors (Lipinski definition) is 3. The Morgan fingerprint density at radius 3 is 2.53 bits per heavy atom. The molecule has 0 aromatic carbocycles. The Balaban J connectivity index is 0.00000196. The lowest BCUT2D eigenvalue weighted by Crippen LogP contribution is -2.36. The lowest BCUT2D eigenvalue weighted by atomic mass is 10.1. The van der Waals surface area contributed by atoms with Crippen molar-refractivity contribution in [2.45, 2.75) is 19.8 Å². The molecule has 0 aliphatic heterocycles. The molecule has 0 aromatic heterocycles. The van der Waals surface area contributed by atoms with Crippen molar-refractivity contribution in [2.75, 3.05) is 33.4 Å². The lowest BCUT2D eigenvalue weighted by Gasteiger charge is -2.10. The highest BCUT2D eigenvalue weighted by Gasteiger charge is 2.44. The first-order valence-electron chi connectivity index (χ1n) is 5.17. The maximum Gasteiger partial charge on any atom is 0.225 e. The van der Waals surface area contributed by atoms with Gasteiger partial charge in [0.05, 0.1) is 6.61 Å². The van der Waals surface area contributed by atoms with Gasteiger partial charge in [0, 0.05) is 32.2 Å². The second kappa shape index (κ2) is 7.04. The molecule has 1 aliphatic carbocycles. The molecule has 1 amide bonds. The van der Waals surface area contributed by atoms with Crippen molar-refractivity contribution in [1.82, 2.24) is 10.6 Å². The predicted molar refractivity (Wildman–Crippen MR) is 62.3 cm³/mol. The van der Waals surface area contributed by atoms with Crippen molar-refractivity contribution in [3.05, 3.63) is 0 Å². The molecule has 0 heterocycles. The van der Waals surface area contributed by atoms with E-state index in [2.05, 4.69) is 10.6 Å². The minimum Gasteiger partial charge on any atom is -0.383 e. The topological polar surface area (TPSA) is 50.4 Å². The van der Waals surface area contributed by atoms with E-state index in [9.17, 15) is 4.79 Å². The molecule has 0 unspecified atom stereocenters. The smallest absolute Gasteiger partial charge is 0.225 e. The Labute approximate surface area is 97.5 Å². The van der Waals surface area contributed by atoms with Crippen LogP contribution >= 0.6 is 12.4 Å². The maximum atomic E-state index is 11.5. The highest BCUT2D eigenvalue weighted by atomic mass is 35.5. The van der Waals surface area contributed by atoms with E-state index in [1.165, 1.54) is 0 Å². The van der Waals surface area contributed by atoms with Crippen LogP contribution in [0.3, 0.4) is 0 Å². The van der Waals surface area contributed by atoms with Gasteiger partial charge in [0.25, 0.3) is 0 Å². The van der Waals surface area contributed by atoms with E-state index in [1.54, 1.807) is 7.11 Å². The molecule has 0 spiro atoms. The van der Waals surface area contributed by atoms with Crippen molar-refractivity contribution in [1.29, 1.82) is 0 Å². The van der Waals surface area contributed by atoms with E-state index in [0.29, 0.717) is 13.2 Å². The van der Waals surface area contributed by atoms with Gasteiger partial charge in [-0.15, -0.1) is 12.4 Å². The normalized spacial score (nSPS) is 16.7. The third-order valence-corrected chi connectivity index (χ3v) is 2.62. The van der Waals surface area contributed by atoms with E-state index in [0.717, 1.165) is 25.9 Å². The summed E-state index contributed by atoms with van der Waals surface area (Å²) in [5.41, 5.74) is -0.0491. The van der Waals surface area contributed by atoms with Crippen molar-refractivity contribution in [3.8, 4) is 0 Å². The number of methoxy groups -OCH3 is 1. The summed E-state index contributed by atoms with van der Waals surface area (Å²) in [6, 6.07) is 0. The van der Waals surface area contributed by atoms with Crippen LogP contribution in [0, 0.1) is 5.41 Å². The third-order valence-electron chi connectivity index (χ3n) is 2.62. The van der Waals surface area contributed by atoms with Gasteiger partial charge in [0.2, 0.25) is 5.91 Å². The summed E-state index contributed by atoms with van der Waals surface area (Å²) in [4.78, 5) is 11.5. The fourth-order valence-electron chi connectivity index (χ4n) is 1.19. The SMILES string of the molecule is COCCNCCNC(=O)C1(C)CC1.Cl. The zero-order valence-corrected chi connectivity index (χ0v) is 10.3. The number of nitrogens with one attached hydrogen (secondary N) is 2. The lowest BCUT2D eigenvalue weighted by molar-refractivity contribution is -0.125. The summed E-state index contributed by atoms with van der Waals surface area (Å²) in [6.07, 6.45) is 2.08.